The predicted molar refractivity (Wildman–Crippen MR) is 145 cm³/mol. The second-order valence-electron chi connectivity index (χ2n) is 8.86. The summed E-state index contributed by atoms with van der Waals surface area (Å²) in [5.74, 6) is 0.632. The molecule has 5 nitrogen and oxygen atoms in total. The van der Waals surface area contributed by atoms with Gasteiger partial charge in [0.1, 0.15) is 0 Å². The van der Waals surface area contributed by atoms with Gasteiger partial charge in [0, 0.05) is 24.4 Å². The Labute approximate surface area is 210 Å². The molecule has 0 spiro atoms. The van der Waals surface area contributed by atoms with E-state index in [-0.39, 0.29) is 11.5 Å². The van der Waals surface area contributed by atoms with Gasteiger partial charge in [0.2, 0.25) is 0 Å². The van der Waals surface area contributed by atoms with Gasteiger partial charge in [-0.25, -0.2) is 4.98 Å². The molecule has 6 heteroatoms. The molecule has 0 unspecified atom stereocenters. The van der Waals surface area contributed by atoms with Crippen LogP contribution in [0.25, 0.3) is 16.6 Å². The molecular weight excluding hydrogens is 454 g/mol. The van der Waals surface area contributed by atoms with Crippen LogP contribution < -0.4 is 5.56 Å². The SMILES string of the molecule is CCN(CC)C(=O)c1ccc2c(=O)n(-c3cc(C)cc(C)c3)c(SCc3ccc(C)cc3)nc2c1. The molecule has 180 valence electrons. The molecule has 0 saturated heterocycles. The summed E-state index contributed by atoms with van der Waals surface area (Å²) in [5, 5.41) is 1.11. The number of nitrogens with zero attached hydrogens (tertiary/aromatic N) is 3. The number of carbonyl (C=O) groups excluding carboxylic acids is 1. The molecule has 0 aliphatic heterocycles. The first-order valence-corrected chi connectivity index (χ1v) is 12.9. The summed E-state index contributed by atoms with van der Waals surface area (Å²) in [6.45, 7) is 11.3. The van der Waals surface area contributed by atoms with Gasteiger partial charge in [-0.15, -0.1) is 0 Å². The molecule has 0 atom stereocenters. The summed E-state index contributed by atoms with van der Waals surface area (Å²) < 4.78 is 1.70. The van der Waals surface area contributed by atoms with Crippen LogP contribution >= 0.6 is 11.8 Å². The number of benzene rings is 3. The Bertz CT molecular complexity index is 1420. The third-order valence-electron chi connectivity index (χ3n) is 6.09. The van der Waals surface area contributed by atoms with E-state index in [0.717, 1.165) is 22.4 Å². The molecular formula is C29H31N3O2S. The zero-order valence-electron chi connectivity index (χ0n) is 21.0. The molecule has 4 aromatic rings. The van der Waals surface area contributed by atoms with Crippen molar-refractivity contribution in [3.8, 4) is 5.69 Å². The largest absolute Gasteiger partial charge is 0.339 e. The normalized spacial score (nSPS) is 11.1. The minimum Gasteiger partial charge on any atom is -0.339 e. The Balaban J connectivity index is 1.86. The first-order chi connectivity index (χ1) is 16.8. The molecule has 0 aliphatic carbocycles. The van der Waals surface area contributed by atoms with Crippen molar-refractivity contribution in [3.05, 3.63) is 98.8 Å². The first kappa shape index (κ1) is 24.7. The third-order valence-corrected chi connectivity index (χ3v) is 7.10. The van der Waals surface area contributed by atoms with Gasteiger partial charge in [-0.3, -0.25) is 14.2 Å². The lowest BCUT2D eigenvalue weighted by atomic mass is 10.1. The zero-order valence-corrected chi connectivity index (χ0v) is 21.8. The van der Waals surface area contributed by atoms with Gasteiger partial charge in [-0.2, -0.15) is 0 Å². The summed E-state index contributed by atoms with van der Waals surface area (Å²) >= 11 is 1.53. The average molecular weight is 486 g/mol. The Morgan fingerprint density at radius 3 is 2.17 bits per heavy atom. The minimum absolute atomic E-state index is 0.0500. The van der Waals surface area contributed by atoms with Crippen LogP contribution in [0.5, 0.6) is 0 Å². The fraction of sp³-hybridized carbons (Fsp3) is 0.276. The number of aryl methyl sites for hydroxylation is 3. The standard InChI is InChI=1S/C29H31N3O2S/c1-6-31(7-2)27(33)23-12-13-25-26(17-23)30-29(35-18-22-10-8-19(3)9-11-22)32(28(25)34)24-15-20(4)14-21(5)16-24/h8-17H,6-7,18H2,1-5H3. The average Bonchev–Trinajstić information content (AvgIpc) is 2.83. The summed E-state index contributed by atoms with van der Waals surface area (Å²) in [7, 11) is 0. The number of hydrogen-bond acceptors (Lipinski definition) is 4. The predicted octanol–water partition coefficient (Wildman–Crippen LogP) is 6.09. The van der Waals surface area contributed by atoms with Crippen molar-refractivity contribution < 1.29 is 4.79 Å². The van der Waals surface area contributed by atoms with E-state index < -0.39 is 0 Å². The smallest absolute Gasteiger partial charge is 0.266 e. The van der Waals surface area contributed by atoms with E-state index in [1.807, 2.05) is 39.8 Å². The van der Waals surface area contributed by atoms with Crippen LogP contribution in [0.3, 0.4) is 0 Å². The lowest BCUT2D eigenvalue weighted by Gasteiger charge is -2.19. The van der Waals surface area contributed by atoms with Crippen molar-refractivity contribution >= 4 is 28.6 Å². The van der Waals surface area contributed by atoms with E-state index in [4.69, 9.17) is 4.98 Å². The number of thioether (sulfide) groups is 1. The number of hydrogen-bond donors (Lipinski definition) is 0. The highest BCUT2D eigenvalue weighted by Crippen LogP contribution is 2.26. The van der Waals surface area contributed by atoms with E-state index in [9.17, 15) is 9.59 Å². The quantitative estimate of drug-likeness (QED) is 0.235. The Morgan fingerprint density at radius 2 is 1.54 bits per heavy atom. The zero-order chi connectivity index (χ0) is 25.1. The number of carbonyl (C=O) groups is 1. The molecule has 0 fully saturated rings. The number of amides is 1. The van der Waals surface area contributed by atoms with Crippen LogP contribution in [-0.2, 0) is 5.75 Å². The van der Waals surface area contributed by atoms with Crippen LogP contribution in [0.15, 0.2) is 70.6 Å². The maximum Gasteiger partial charge on any atom is 0.266 e. The Hall–Kier alpha value is -3.38. The molecule has 0 radical (unpaired) electrons. The van der Waals surface area contributed by atoms with Crippen LogP contribution in [0, 0.1) is 20.8 Å². The Morgan fingerprint density at radius 1 is 0.886 bits per heavy atom. The monoisotopic (exact) mass is 485 g/mol. The highest BCUT2D eigenvalue weighted by Gasteiger charge is 2.18. The van der Waals surface area contributed by atoms with Crippen LogP contribution in [-0.4, -0.2) is 33.4 Å². The number of aromatic nitrogens is 2. The minimum atomic E-state index is -0.131. The fourth-order valence-electron chi connectivity index (χ4n) is 4.23. The van der Waals surface area contributed by atoms with E-state index in [1.165, 1.54) is 17.3 Å². The molecule has 1 aromatic heterocycles. The van der Waals surface area contributed by atoms with Crippen molar-refractivity contribution in [2.45, 2.75) is 45.5 Å². The van der Waals surface area contributed by atoms with Crippen LogP contribution in [0.4, 0.5) is 0 Å². The van der Waals surface area contributed by atoms with Crippen molar-refractivity contribution in [1.82, 2.24) is 14.5 Å². The van der Waals surface area contributed by atoms with Gasteiger partial charge >= 0.3 is 0 Å². The van der Waals surface area contributed by atoms with Crippen molar-refractivity contribution in [2.24, 2.45) is 0 Å². The molecule has 1 heterocycles. The lowest BCUT2D eigenvalue weighted by Crippen LogP contribution is -2.30. The second-order valence-corrected chi connectivity index (χ2v) is 9.81. The van der Waals surface area contributed by atoms with E-state index in [2.05, 4.69) is 37.3 Å². The summed E-state index contributed by atoms with van der Waals surface area (Å²) in [4.78, 5) is 33.4. The maximum atomic E-state index is 13.8. The third kappa shape index (κ3) is 5.33. The topological polar surface area (TPSA) is 55.2 Å². The van der Waals surface area contributed by atoms with Gasteiger partial charge < -0.3 is 4.90 Å². The summed E-state index contributed by atoms with van der Waals surface area (Å²) in [5.41, 5.74) is 6.30. The molecule has 0 saturated carbocycles. The molecule has 3 aromatic carbocycles. The van der Waals surface area contributed by atoms with Gasteiger partial charge in [-0.1, -0.05) is 47.7 Å². The van der Waals surface area contributed by atoms with Crippen molar-refractivity contribution in [3.63, 3.8) is 0 Å². The molecule has 35 heavy (non-hydrogen) atoms. The van der Waals surface area contributed by atoms with Gasteiger partial charge in [0.25, 0.3) is 11.5 Å². The van der Waals surface area contributed by atoms with Gasteiger partial charge in [-0.05, 0) is 81.6 Å². The Kier molecular flexibility index (Phi) is 7.41. The fourth-order valence-corrected chi connectivity index (χ4v) is 5.20. The summed E-state index contributed by atoms with van der Waals surface area (Å²) in [6.07, 6.45) is 0. The number of fused-ring (bicyclic) bond motifs is 1. The van der Waals surface area contributed by atoms with Crippen LogP contribution in [0.2, 0.25) is 0 Å². The highest BCUT2D eigenvalue weighted by atomic mass is 32.2. The van der Waals surface area contributed by atoms with Gasteiger partial charge in [0.05, 0.1) is 16.6 Å². The molecule has 0 bridgehead atoms. The van der Waals surface area contributed by atoms with Crippen molar-refractivity contribution in [2.75, 3.05) is 13.1 Å². The molecule has 4 rings (SSSR count). The van der Waals surface area contributed by atoms with E-state index in [0.29, 0.717) is 40.5 Å². The molecule has 0 N–H and O–H groups in total. The van der Waals surface area contributed by atoms with Gasteiger partial charge in [0.15, 0.2) is 5.16 Å². The number of rotatable bonds is 7. The van der Waals surface area contributed by atoms with E-state index >= 15 is 0 Å². The van der Waals surface area contributed by atoms with E-state index in [1.54, 1.807) is 27.7 Å². The van der Waals surface area contributed by atoms with Crippen molar-refractivity contribution in [1.29, 1.82) is 0 Å². The maximum absolute atomic E-state index is 13.8. The molecule has 1 amide bonds. The highest BCUT2D eigenvalue weighted by molar-refractivity contribution is 7.98. The lowest BCUT2D eigenvalue weighted by molar-refractivity contribution is 0.0773. The van der Waals surface area contributed by atoms with Crippen LogP contribution in [0.1, 0.15) is 46.5 Å². The summed E-state index contributed by atoms with van der Waals surface area (Å²) in [6, 6.07) is 19.7. The molecule has 0 aliphatic rings. The first-order valence-electron chi connectivity index (χ1n) is 11.9. The second kappa shape index (κ2) is 10.5.